The fraction of sp³-hybridized carbons (Fsp3) is 0.105. The van der Waals surface area contributed by atoms with E-state index in [1.807, 2.05) is 49.4 Å². The second kappa shape index (κ2) is 5.60. The summed E-state index contributed by atoms with van der Waals surface area (Å²) in [7, 11) is 0. The van der Waals surface area contributed by atoms with Gasteiger partial charge in [0, 0.05) is 11.5 Å². The molecule has 0 saturated carbocycles. The molecule has 1 N–H and O–H groups in total. The van der Waals surface area contributed by atoms with E-state index in [-0.39, 0.29) is 17.0 Å². The van der Waals surface area contributed by atoms with E-state index in [1.165, 1.54) is 18.2 Å². The Balaban J connectivity index is 2.13. The maximum Gasteiger partial charge on any atom is 0.336 e. The number of carbonyl (C=O) groups is 1. The van der Waals surface area contributed by atoms with Gasteiger partial charge in [0.05, 0.1) is 5.56 Å². The van der Waals surface area contributed by atoms with E-state index >= 15 is 0 Å². The van der Waals surface area contributed by atoms with Crippen molar-refractivity contribution in [1.82, 2.24) is 0 Å². The monoisotopic (exact) mass is 294 g/mol. The van der Waals surface area contributed by atoms with Gasteiger partial charge in [-0.2, -0.15) is 0 Å². The number of aromatic carboxylic acids is 1. The summed E-state index contributed by atoms with van der Waals surface area (Å²) >= 11 is 0. The van der Waals surface area contributed by atoms with E-state index in [0.717, 1.165) is 16.3 Å². The number of fused-ring (bicyclic) bond motifs is 1. The minimum atomic E-state index is -1.11. The Labute approximate surface area is 127 Å². The summed E-state index contributed by atoms with van der Waals surface area (Å²) < 4.78 is 14.2. The highest BCUT2D eigenvalue weighted by atomic mass is 19.1. The third-order valence-corrected chi connectivity index (χ3v) is 3.99. The van der Waals surface area contributed by atoms with E-state index in [0.29, 0.717) is 0 Å². The van der Waals surface area contributed by atoms with Crippen LogP contribution in [0.1, 0.15) is 34.3 Å². The lowest BCUT2D eigenvalue weighted by Gasteiger charge is -2.16. The van der Waals surface area contributed by atoms with Gasteiger partial charge in [-0.25, -0.2) is 9.18 Å². The quantitative estimate of drug-likeness (QED) is 0.751. The Morgan fingerprint density at radius 3 is 2.45 bits per heavy atom. The van der Waals surface area contributed by atoms with Crippen LogP contribution >= 0.6 is 0 Å². The standard InChI is InChI=1S/C19H15FO2/c1-12(18-16(19(21)22)7-4-8-17(18)20)14-10-9-13-5-2-3-6-15(13)11-14/h2-12H,1H3,(H,21,22)/t12-/m0/s1. The van der Waals surface area contributed by atoms with Gasteiger partial charge in [-0.15, -0.1) is 0 Å². The maximum atomic E-state index is 14.2. The molecule has 0 bridgehead atoms. The molecule has 2 nitrogen and oxygen atoms in total. The average molecular weight is 294 g/mol. The summed E-state index contributed by atoms with van der Waals surface area (Å²) in [6.45, 7) is 1.83. The Kier molecular flexibility index (Phi) is 3.63. The first kappa shape index (κ1) is 14.3. The normalized spacial score (nSPS) is 12.3. The number of carboxylic acid groups (broad SMARTS) is 1. The Bertz CT molecular complexity index is 855. The second-order valence-electron chi connectivity index (χ2n) is 5.33. The number of benzene rings is 3. The SMILES string of the molecule is C[C@@H](c1ccc2ccccc2c1)c1c(F)cccc1C(=O)O. The van der Waals surface area contributed by atoms with Crippen molar-refractivity contribution in [1.29, 1.82) is 0 Å². The number of carboxylic acids is 1. The molecule has 0 fully saturated rings. The predicted octanol–water partition coefficient (Wildman–Crippen LogP) is 4.83. The lowest BCUT2D eigenvalue weighted by molar-refractivity contribution is 0.0694. The van der Waals surface area contributed by atoms with Crippen molar-refractivity contribution >= 4 is 16.7 Å². The summed E-state index contributed by atoms with van der Waals surface area (Å²) in [5.41, 5.74) is 1.14. The van der Waals surface area contributed by atoms with Crippen molar-refractivity contribution in [3.05, 3.63) is 83.2 Å². The van der Waals surface area contributed by atoms with Gasteiger partial charge in [-0.05, 0) is 28.5 Å². The molecule has 3 aromatic rings. The average Bonchev–Trinajstić information content (AvgIpc) is 2.53. The highest BCUT2D eigenvalue weighted by Crippen LogP contribution is 2.31. The van der Waals surface area contributed by atoms with Gasteiger partial charge >= 0.3 is 5.97 Å². The zero-order valence-electron chi connectivity index (χ0n) is 12.1. The van der Waals surface area contributed by atoms with Crippen LogP contribution in [0.3, 0.4) is 0 Å². The summed E-state index contributed by atoms with van der Waals surface area (Å²) in [5, 5.41) is 11.4. The number of rotatable bonds is 3. The molecule has 0 heterocycles. The van der Waals surface area contributed by atoms with Crippen molar-refractivity contribution in [2.24, 2.45) is 0 Å². The van der Waals surface area contributed by atoms with Crippen molar-refractivity contribution in [2.75, 3.05) is 0 Å². The van der Waals surface area contributed by atoms with E-state index in [4.69, 9.17) is 0 Å². The molecule has 1 atom stereocenters. The van der Waals surface area contributed by atoms with Crippen molar-refractivity contribution in [3.63, 3.8) is 0 Å². The molecule has 0 amide bonds. The van der Waals surface area contributed by atoms with Gasteiger partial charge in [0.25, 0.3) is 0 Å². The van der Waals surface area contributed by atoms with Crippen LogP contribution in [0.15, 0.2) is 60.7 Å². The van der Waals surface area contributed by atoms with Gasteiger partial charge in [-0.1, -0.05) is 55.5 Å². The van der Waals surface area contributed by atoms with Gasteiger partial charge < -0.3 is 5.11 Å². The minimum absolute atomic E-state index is 0.0145. The summed E-state index contributed by atoms with van der Waals surface area (Å²) in [5.74, 6) is -1.93. The molecular weight excluding hydrogens is 279 g/mol. The van der Waals surface area contributed by atoms with Crippen LogP contribution in [-0.4, -0.2) is 11.1 Å². The van der Waals surface area contributed by atoms with E-state index in [2.05, 4.69) is 0 Å². The van der Waals surface area contributed by atoms with E-state index in [9.17, 15) is 14.3 Å². The van der Waals surface area contributed by atoms with Crippen molar-refractivity contribution in [2.45, 2.75) is 12.8 Å². The Morgan fingerprint density at radius 2 is 1.73 bits per heavy atom. The maximum absolute atomic E-state index is 14.2. The van der Waals surface area contributed by atoms with Gasteiger partial charge in [0.1, 0.15) is 5.82 Å². The second-order valence-corrected chi connectivity index (χ2v) is 5.33. The number of hydrogen-bond acceptors (Lipinski definition) is 1. The van der Waals surface area contributed by atoms with E-state index in [1.54, 1.807) is 0 Å². The molecule has 0 radical (unpaired) electrons. The topological polar surface area (TPSA) is 37.3 Å². The molecule has 3 rings (SSSR count). The smallest absolute Gasteiger partial charge is 0.336 e. The highest BCUT2D eigenvalue weighted by molar-refractivity contribution is 5.90. The predicted molar refractivity (Wildman–Crippen MR) is 84.8 cm³/mol. The van der Waals surface area contributed by atoms with Crippen LogP contribution in [0, 0.1) is 5.82 Å². The first-order valence-electron chi connectivity index (χ1n) is 7.08. The van der Waals surface area contributed by atoms with Crippen LogP contribution in [0.25, 0.3) is 10.8 Å². The molecule has 0 aliphatic heterocycles. The van der Waals surface area contributed by atoms with Gasteiger partial charge in [0.2, 0.25) is 0 Å². The van der Waals surface area contributed by atoms with E-state index < -0.39 is 11.8 Å². The van der Waals surface area contributed by atoms with Gasteiger partial charge in [0.15, 0.2) is 0 Å². The van der Waals surface area contributed by atoms with Crippen molar-refractivity contribution in [3.8, 4) is 0 Å². The lowest BCUT2D eigenvalue weighted by Crippen LogP contribution is -2.09. The molecule has 0 unspecified atom stereocenters. The molecule has 3 aromatic carbocycles. The number of halogens is 1. The fourth-order valence-electron chi connectivity index (χ4n) is 2.81. The first-order valence-corrected chi connectivity index (χ1v) is 7.08. The fourth-order valence-corrected chi connectivity index (χ4v) is 2.81. The molecule has 0 aliphatic carbocycles. The zero-order valence-corrected chi connectivity index (χ0v) is 12.1. The van der Waals surface area contributed by atoms with Crippen molar-refractivity contribution < 1.29 is 14.3 Å². The molecule has 0 aliphatic rings. The number of hydrogen-bond donors (Lipinski definition) is 1. The van der Waals surface area contributed by atoms with Crippen LogP contribution < -0.4 is 0 Å². The van der Waals surface area contributed by atoms with Gasteiger partial charge in [-0.3, -0.25) is 0 Å². The summed E-state index contributed by atoms with van der Waals surface area (Å²) in [4.78, 5) is 11.4. The molecule has 22 heavy (non-hydrogen) atoms. The van der Waals surface area contributed by atoms with Crippen LogP contribution in [0.4, 0.5) is 4.39 Å². The van der Waals surface area contributed by atoms with Crippen LogP contribution in [0.2, 0.25) is 0 Å². The van der Waals surface area contributed by atoms with Crippen LogP contribution in [0.5, 0.6) is 0 Å². The molecule has 3 heteroatoms. The zero-order chi connectivity index (χ0) is 15.7. The minimum Gasteiger partial charge on any atom is -0.478 e. The molecule has 0 aromatic heterocycles. The molecular formula is C19H15FO2. The molecule has 0 saturated heterocycles. The third kappa shape index (κ3) is 2.46. The first-order chi connectivity index (χ1) is 10.6. The Hall–Kier alpha value is -2.68. The summed E-state index contributed by atoms with van der Waals surface area (Å²) in [6, 6.07) is 18.0. The molecule has 0 spiro atoms. The summed E-state index contributed by atoms with van der Waals surface area (Å²) in [6.07, 6.45) is 0. The lowest BCUT2D eigenvalue weighted by atomic mass is 9.88. The van der Waals surface area contributed by atoms with Crippen LogP contribution in [-0.2, 0) is 0 Å². The molecule has 110 valence electrons. The largest absolute Gasteiger partial charge is 0.478 e. The third-order valence-electron chi connectivity index (χ3n) is 3.99. The highest BCUT2D eigenvalue weighted by Gasteiger charge is 2.21. The Morgan fingerprint density at radius 1 is 1.00 bits per heavy atom.